The Kier molecular flexibility index (Phi) is 7.01. The summed E-state index contributed by atoms with van der Waals surface area (Å²) in [5.74, 6) is 0.233. The molecule has 0 radical (unpaired) electrons. The molecule has 1 aliphatic rings. The van der Waals surface area contributed by atoms with Gasteiger partial charge in [-0.1, -0.05) is 23.2 Å². The number of benzene rings is 1. The normalized spacial score (nSPS) is 16.1. The van der Waals surface area contributed by atoms with Crippen LogP contribution in [0.1, 0.15) is 11.7 Å². The first-order valence-corrected chi connectivity index (χ1v) is 9.58. The van der Waals surface area contributed by atoms with Crippen molar-refractivity contribution in [3.05, 3.63) is 52.3 Å². The van der Waals surface area contributed by atoms with Crippen molar-refractivity contribution in [2.75, 3.05) is 39.5 Å². The van der Waals surface area contributed by atoms with Gasteiger partial charge in [-0.15, -0.1) is 0 Å². The van der Waals surface area contributed by atoms with Gasteiger partial charge in [0.05, 0.1) is 24.3 Å². The van der Waals surface area contributed by atoms with Gasteiger partial charge in [0.15, 0.2) is 6.61 Å². The van der Waals surface area contributed by atoms with Crippen LogP contribution in [0.25, 0.3) is 0 Å². The Hall–Kier alpha value is -1.73. The Labute approximate surface area is 168 Å². The van der Waals surface area contributed by atoms with Crippen molar-refractivity contribution >= 4 is 29.1 Å². The highest BCUT2D eigenvalue weighted by atomic mass is 35.5. The molecule has 0 bridgehead atoms. The number of hydrogen-bond donors (Lipinski definition) is 1. The number of halogens is 2. The smallest absolute Gasteiger partial charge is 0.258 e. The zero-order valence-corrected chi connectivity index (χ0v) is 16.7. The fourth-order valence-electron chi connectivity index (χ4n) is 3.13. The maximum absolute atomic E-state index is 12.3. The number of nitrogens with zero attached hydrogens (tertiary/aromatic N) is 2. The molecule has 1 saturated heterocycles. The Bertz CT molecular complexity index is 775. The monoisotopic (exact) mass is 411 g/mol. The van der Waals surface area contributed by atoms with Crippen LogP contribution in [0, 0.1) is 0 Å². The average Bonchev–Trinajstić information content (AvgIpc) is 3.08. The van der Waals surface area contributed by atoms with Gasteiger partial charge in [-0.05, 0) is 30.3 Å². The van der Waals surface area contributed by atoms with Crippen molar-refractivity contribution in [2.45, 2.75) is 6.04 Å². The van der Waals surface area contributed by atoms with Gasteiger partial charge in [-0.25, -0.2) is 0 Å². The van der Waals surface area contributed by atoms with Crippen LogP contribution in [0.2, 0.25) is 10.0 Å². The number of morpholine rings is 1. The van der Waals surface area contributed by atoms with Gasteiger partial charge in [0.1, 0.15) is 5.75 Å². The van der Waals surface area contributed by atoms with Crippen molar-refractivity contribution in [3.63, 3.8) is 0 Å². The van der Waals surface area contributed by atoms with E-state index in [0.29, 0.717) is 35.6 Å². The Morgan fingerprint density at radius 2 is 2.07 bits per heavy atom. The van der Waals surface area contributed by atoms with E-state index in [9.17, 15) is 4.79 Å². The third kappa shape index (κ3) is 5.39. The highest BCUT2D eigenvalue weighted by molar-refractivity contribution is 6.35. The van der Waals surface area contributed by atoms with Gasteiger partial charge in [0, 0.05) is 43.6 Å². The summed E-state index contributed by atoms with van der Waals surface area (Å²) in [5, 5.41) is 3.87. The van der Waals surface area contributed by atoms with E-state index in [1.807, 2.05) is 19.3 Å². The Morgan fingerprint density at radius 1 is 1.30 bits per heavy atom. The van der Waals surface area contributed by atoms with Crippen LogP contribution < -0.4 is 10.1 Å². The van der Waals surface area contributed by atoms with Crippen LogP contribution >= 0.6 is 23.2 Å². The molecule has 1 amide bonds. The third-order valence-electron chi connectivity index (χ3n) is 4.56. The van der Waals surface area contributed by atoms with Crippen LogP contribution in [0.15, 0.2) is 36.5 Å². The van der Waals surface area contributed by atoms with Gasteiger partial charge in [-0.3, -0.25) is 9.69 Å². The quantitative estimate of drug-likeness (QED) is 0.760. The molecule has 27 heavy (non-hydrogen) atoms. The highest BCUT2D eigenvalue weighted by Gasteiger charge is 2.25. The van der Waals surface area contributed by atoms with E-state index in [-0.39, 0.29) is 18.6 Å². The Morgan fingerprint density at radius 3 is 2.74 bits per heavy atom. The number of carbonyl (C=O) groups excluding carboxylic acids is 1. The molecule has 0 aliphatic carbocycles. The molecule has 2 aromatic rings. The molecule has 1 aliphatic heterocycles. The number of aryl methyl sites for hydroxylation is 1. The first-order valence-electron chi connectivity index (χ1n) is 8.82. The van der Waals surface area contributed by atoms with E-state index >= 15 is 0 Å². The van der Waals surface area contributed by atoms with Crippen LogP contribution in [-0.4, -0.2) is 54.8 Å². The fraction of sp³-hybridized carbons (Fsp3) is 0.421. The van der Waals surface area contributed by atoms with Crippen LogP contribution in [0.4, 0.5) is 0 Å². The van der Waals surface area contributed by atoms with Crippen LogP contribution in [0.5, 0.6) is 5.75 Å². The topological polar surface area (TPSA) is 55.7 Å². The van der Waals surface area contributed by atoms with Crippen molar-refractivity contribution in [3.8, 4) is 5.75 Å². The van der Waals surface area contributed by atoms with E-state index in [1.54, 1.807) is 18.2 Å². The molecule has 8 heteroatoms. The fourth-order valence-corrected chi connectivity index (χ4v) is 3.59. The van der Waals surface area contributed by atoms with Gasteiger partial charge in [-0.2, -0.15) is 0 Å². The predicted octanol–water partition coefficient (Wildman–Crippen LogP) is 2.90. The largest absolute Gasteiger partial charge is 0.482 e. The standard InChI is InChI=1S/C19H23Cl2N3O3/c1-23-6-2-3-16(23)17(24-7-9-26-10-8-24)12-22-19(25)13-27-18-5-4-14(20)11-15(18)21/h2-6,11,17H,7-10,12-13H2,1H3,(H,22,25). The first kappa shape index (κ1) is 20.0. The number of rotatable bonds is 7. The summed E-state index contributed by atoms with van der Waals surface area (Å²) >= 11 is 11.9. The van der Waals surface area contributed by atoms with E-state index in [0.717, 1.165) is 18.8 Å². The second-order valence-electron chi connectivity index (χ2n) is 6.38. The number of hydrogen-bond acceptors (Lipinski definition) is 4. The summed E-state index contributed by atoms with van der Waals surface area (Å²) in [6.45, 7) is 3.46. The predicted molar refractivity (Wildman–Crippen MR) is 106 cm³/mol. The molecule has 1 N–H and O–H groups in total. The van der Waals surface area contributed by atoms with Crippen molar-refractivity contribution in [1.82, 2.24) is 14.8 Å². The maximum atomic E-state index is 12.3. The molecule has 146 valence electrons. The van der Waals surface area contributed by atoms with E-state index in [4.69, 9.17) is 32.7 Å². The van der Waals surface area contributed by atoms with Gasteiger partial charge in [0.25, 0.3) is 5.91 Å². The summed E-state index contributed by atoms with van der Waals surface area (Å²) in [7, 11) is 2.01. The maximum Gasteiger partial charge on any atom is 0.258 e. The lowest BCUT2D eigenvalue weighted by Gasteiger charge is -2.34. The zero-order chi connectivity index (χ0) is 19.2. The Balaban J connectivity index is 1.57. The van der Waals surface area contributed by atoms with E-state index in [2.05, 4.69) is 20.9 Å². The first-order chi connectivity index (χ1) is 13.0. The summed E-state index contributed by atoms with van der Waals surface area (Å²) in [6, 6.07) is 9.08. The summed E-state index contributed by atoms with van der Waals surface area (Å²) in [5.41, 5.74) is 1.15. The van der Waals surface area contributed by atoms with Crippen LogP contribution in [-0.2, 0) is 16.6 Å². The number of aromatic nitrogens is 1. The van der Waals surface area contributed by atoms with Gasteiger partial charge < -0.3 is 19.4 Å². The summed E-state index contributed by atoms with van der Waals surface area (Å²) in [6.07, 6.45) is 2.01. The average molecular weight is 412 g/mol. The second-order valence-corrected chi connectivity index (χ2v) is 7.22. The molecule has 2 heterocycles. The third-order valence-corrected chi connectivity index (χ3v) is 5.09. The SMILES string of the molecule is Cn1cccc1C(CNC(=O)COc1ccc(Cl)cc1Cl)N1CCOCC1. The lowest BCUT2D eigenvalue weighted by molar-refractivity contribution is -0.123. The molecule has 6 nitrogen and oxygen atoms in total. The molecule has 1 aromatic heterocycles. The molecular formula is C19H23Cl2N3O3. The number of carbonyl (C=O) groups is 1. The number of ether oxygens (including phenoxy) is 2. The van der Waals surface area contributed by atoms with Crippen molar-refractivity contribution < 1.29 is 14.3 Å². The molecule has 1 unspecified atom stereocenters. The van der Waals surface area contributed by atoms with Gasteiger partial charge >= 0.3 is 0 Å². The van der Waals surface area contributed by atoms with Crippen molar-refractivity contribution in [2.24, 2.45) is 7.05 Å². The lowest BCUT2D eigenvalue weighted by Crippen LogP contribution is -2.45. The van der Waals surface area contributed by atoms with Crippen molar-refractivity contribution in [1.29, 1.82) is 0 Å². The van der Waals surface area contributed by atoms with Crippen LogP contribution in [0.3, 0.4) is 0 Å². The minimum Gasteiger partial charge on any atom is -0.482 e. The van der Waals surface area contributed by atoms with Gasteiger partial charge in [0.2, 0.25) is 0 Å². The molecule has 0 saturated carbocycles. The lowest BCUT2D eigenvalue weighted by atomic mass is 10.1. The minimum absolute atomic E-state index is 0.0805. The molecule has 1 fully saturated rings. The number of nitrogens with one attached hydrogen (secondary N) is 1. The molecule has 3 rings (SSSR count). The van der Waals surface area contributed by atoms with E-state index in [1.165, 1.54) is 0 Å². The summed E-state index contributed by atoms with van der Waals surface area (Å²) < 4.78 is 13.0. The molecule has 1 aromatic carbocycles. The summed E-state index contributed by atoms with van der Waals surface area (Å²) in [4.78, 5) is 14.6. The molecule has 0 spiro atoms. The highest BCUT2D eigenvalue weighted by Crippen LogP contribution is 2.27. The van der Waals surface area contributed by atoms with E-state index < -0.39 is 0 Å². The molecular weight excluding hydrogens is 389 g/mol. The number of amides is 1. The zero-order valence-electron chi connectivity index (χ0n) is 15.2. The second kappa shape index (κ2) is 9.46. The minimum atomic E-state index is -0.200. The molecule has 1 atom stereocenters.